The quantitative estimate of drug-likeness (QED) is 0.303. The van der Waals surface area contributed by atoms with E-state index < -0.39 is 37.6 Å². The molecule has 2 fully saturated rings. The number of hydrogen-bond donors (Lipinski definition) is 1. The van der Waals surface area contributed by atoms with Gasteiger partial charge in [0.2, 0.25) is 11.8 Å². The van der Waals surface area contributed by atoms with E-state index in [1.165, 1.54) is 0 Å². The van der Waals surface area contributed by atoms with Crippen LogP contribution in [0.3, 0.4) is 0 Å². The van der Waals surface area contributed by atoms with Crippen LogP contribution in [0.4, 0.5) is 19.1 Å². The summed E-state index contributed by atoms with van der Waals surface area (Å²) in [6.07, 6.45) is 2.30. The lowest BCUT2D eigenvalue weighted by Gasteiger charge is -2.51. The van der Waals surface area contributed by atoms with Gasteiger partial charge in [-0.3, -0.25) is 4.40 Å². The highest BCUT2D eigenvalue weighted by atomic mass is 28.4. The van der Waals surface area contributed by atoms with E-state index in [0.717, 1.165) is 43.4 Å². The summed E-state index contributed by atoms with van der Waals surface area (Å²) in [4.78, 5) is 8.24. The Bertz CT molecular complexity index is 1350. The van der Waals surface area contributed by atoms with Crippen molar-refractivity contribution in [1.82, 2.24) is 24.6 Å². The third-order valence-corrected chi connectivity index (χ3v) is 13.3. The Labute approximate surface area is 234 Å². The van der Waals surface area contributed by atoms with E-state index in [0.29, 0.717) is 12.8 Å². The fraction of sp³-hybridized carbons (Fsp3) is 0.643. The van der Waals surface area contributed by atoms with Crippen molar-refractivity contribution >= 4 is 19.9 Å². The maximum absolute atomic E-state index is 13.8. The largest absolute Gasteiger partial charge is 0.474 e. The van der Waals surface area contributed by atoms with E-state index in [2.05, 4.69) is 59.3 Å². The summed E-state index contributed by atoms with van der Waals surface area (Å²) >= 11 is 0. The Morgan fingerprint density at radius 3 is 2.55 bits per heavy atom. The normalized spacial score (nSPS) is 26.0. The van der Waals surface area contributed by atoms with Crippen LogP contribution in [-0.2, 0) is 10.6 Å². The average Bonchev–Trinajstić information content (AvgIpc) is 3.26. The van der Waals surface area contributed by atoms with Crippen molar-refractivity contribution in [2.24, 2.45) is 0 Å². The molecule has 12 heteroatoms. The van der Waals surface area contributed by atoms with Gasteiger partial charge in [-0.1, -0.05) is 33.3 Å². The van der Waals surface area contributed by atoms with Gasteiger partial charge in [0.15, 0.2) is 14.0 Å². The molecule has 0 saturated heterocycles. The van der Waals surface area contributed by atoms with Gasteiger partial charge >= 0.3 is 6.18 Å². The molecule has 0 spiro atoms. The lowest BCUT2D eigenvalue weighted by molar-refractivity contribution is -0.141. The maximum Gasteiger partial charge on any atom is 0.423 e. The molecule has 3 aromatic rings. The van der Waals surface area contributed by atoms with Crippen LogP contribution in [0.5, 0.6) is 5.88 Å². The van der Waals surface area contributed by atoms with Crippen LogP contribution in [0.2, 0.25) is 18.1 Å². The minimum absolute atomic E-state index is 0.00983. The molecule has 2 aliphatic rings. The van der Waals surface area contributed by atoms with Crippen LogP contribution in [-0.4, -0.2) is 50.6 Å². The first-order chi connectivity index (χ1) is 18.6. The highest BCUT2D eigenvalue weighted by Crippen LogP contribution is 2.47. The maximum atomic E-state index is 13.8. The van der Waals surface area contributed by atoms with Gasteiger partial charge in [-0.25, -0.2) is 4.98 Å². The molecule has 218 valence electrons. The van der Waals surface area contributed by atoms with Crippen LogP contribution in [0.15, 0.2) is 30.6 Å². The second kappa shape index (κ2) is 10.3. The van der Waals surface area contributed by atoms with E-state index in [1.54, 1.807) is 0 Å². The molecular formula is C28H39F3N6O2Si. The molecule has 40 heavy (non-hydrogen) atoms. The summed E-state index contributed by atoms with van der Waals surface area (Å²) in [5, 5.41) is 12.0. The molecule has 0 bridgehead atoms. The van der Waals surface area contributed by atoms with E-state index in [9.17, 15) is 13.2 Å². The van der Waals surface area contributed by atoms with Gasteiger partial charge in [-0.05, 0) is 56.5 Å². The molecule has 3 heterocycles. The molecule has 8 nitrogen and oxygen atoms in total. The minimum atomic E-state index is -4.62. The molecule has 0 amide bonds. The van der Waals surface area contributed by atoms with Gasteiger partial charge in [-0.15, -0.1) is 10.2 Å². The van der Waals surface area contributed by atoms with E-state index >= 15 is 0 Å². The van der Waals surface area contributed by atoms with Gasteiger partial charge in [0, 0.05) is 37.2 Å². The van der Waals surface area contributed by atoms with Gasteiger partial charge in [0.05, 0.1) is 5.60 Å². The van der Waals surface area contributed by atoms with E-state index in [4.69, 9.17) is 9.16 Å². The summed E-state index contributed by atoms with van der Waals surface area (Å²) in [5.41, 5.74) is -0.584. The van der Waals surface area contributed by atoms with Crippen molar-refractivity contribution in [2.45, 2.75) is 114 Å². The number of pyridine rings is 1. The summed E-state index contributed by atoms with van der Waals surface area (Å²) < 4.78 is 55.9. The Morgan fingerprint density at radius 2 is 1.85 bits per heavy atom. The van der Waals surface area contributed by atoms with E-state index in [-0.39, 0.29) is 22.9 Å². The summed E-state index contributed by atoms with van der Waals surface area (Å²) in [6, 6.07) is 5.77. The third-order valence-electron chi connectivity index (χ3n) is 8.68. The van der Waals surface area contributed by atoms with Gasteiger partial charge in [0.1, 0.15) is 17.5 Å². The first kappa shape index (κ1) is 28.8. The average molecular weight is 577 g/mol. The molecule has 2 atom stereocenters. The number of rotatable bonds is 7. The Balaban J connectivity index is 1.27. The van der Waals surface area contributed by atoms with E-state index in [1.807, 2.05) is 35.7 Å². The topological polar surface area (TPSA) is 86.5 Å². The molecule has 2 saturated carbocycles. The SMILES string of the molecule is CC1(O[Si](C)(C)C(C)(C)C)CC(Oc2nc(N[C@@H]3CCC[C@H](c4nnc5ccccn45)C3)ncc2C(F)(F)F)C1. The molecule has 0 aliphatic heterocycles. The monoisotopic (exact) mass is 576 g/mol. The Kier molecular flexibility index (Phi) is 7.39. The second-order valence-electron chi connectivity index (χ2n) is 13.1. The zero-order valence-electron chi connectivity index (χ0n) is 24.0. The number of nitrogens with zero attached hydrogens (tertiary/aromatic N) is 5. The summed E-state index contributed by atoms with van der Waals surface area (Å²) in [7, 11) is -2.03. The first-order valence-corrected chi connectivity index (χ1v) is 16.9. The van der Waals surface area contributed by atoms with Crippen molar-refractivity contribution in [1.29, 1.82) is 0 Å². The van der Waals surface area contributed by atoms with Crippen LogP contribution in [0.1, 0.15) is 83.5 Å². The number of hydrogen-bond acceptors (Lipinski definition) is 7. The number of nitrogens with one attached hydrogen (secondary N) is 1. The van der Waals surface area contributed by atoms with Crippen molar-refractivity contribution in [2.75, 3.05) is 5.32 Å². The van der Waals surface area contributed by atoms with Crippen molar-refractivity contribution in [3.63, 3.8) is 0 Å². The van der Waals surface area contributed by atoms with Crippen molar-refractivity contribution in [3.05, 3.63) is 42.0 Å². The number of halogens is 3. The fourth-order valence-corrected chi connectivity index (χ4v) is 7.30. The Morgan fingerprint density at radius 1 is 1.10 bits per heavy atom. The van der Waals surface area contributed by atoms with Crippen LogP contribution in [0, 0.1) is 0 Å². The zero-order chi connectivity index (χ0) is 28.9. The third kappa shape index (κ3) is 5.97. The standard InChI is InChI=1S/C28H39F3N6O2Si/c1-26(2,3)40(5,6)39-27(4)15-20(16-27)38-24-21(28(29,30)31)17-32-25(34-24)33-19-11-9-10-18(14-19)23-36-35-22-12-7-8-13-37(22)23/h7-8,12-13,17-20H,9-11,14-16H2,1-6H3,(H,32,33,34)/t18-,19+,20?,27?/m0/s1. The molecule has 1 N–H and O–H groups in total. The lowest BCUT2D eigenvalue weighted by Crippen LogP contribution is -2.57. The van der Waals surface area contributed by atoms with Crippen molar-refractivity contribution in [3.8, 4) is 5.88 Å². The van der Waals surface area contributed by atoms with Gasteiger partial charge in [0.25, 0.3) is 0 Å². The molecular weight excluding hydrogens is 537 g/mol. The highest BCUT2D eigenvalue weighted by molar-refractivity contribution is 6.74. The molecule has 0 unspecified atom stereocenters. The summed E-state index contributed by atoms with van der Waals surface area (Å²) in [5.74, 6) is 0.773. The predicted molar refractivity (Wildman–Crippen MR) is 149 cm³/mol. The van der Waals surface area contributed by atoms with Crippen molar-refractivity contribution < 1.29 is 22.3 Å². The molecule has 3 aromatic heterocycles. The number of fused-ring (bicyclic) bond motifs is 1. The van der Waals surface area contributed by atoms with Gasteiger partial charge < -0.3 is 14.5 Å². The van der Waals surface area contributed by atoms with Gasteiger partial charge in [-0.2, -0.15) is 18.2 Å². The van der Waals surface area contributed by atoms with Crippen LogP contribution < -0.4 is 10.1 Å². The fourth-order valence-electron chi connectivity index (χ4n) is 5.59. The van der Waals surface area contributed by atoms with Crippen LogP contribution in [0.25, 0.3) is 5.65 Å². The molecule has 0 aromatic carbocycles. The zero-order valence-corrected chi connectivity index (χ0v) is 25.0. The minimum Gasteiger partial charge on any atom is -0.474 e. The van der Waals surface area contributed by atoms with Crippen LogP contribution >= 0.6 is 0 Å². The molecule has 5 rings (SSSR count). The molecule has 2 aliphatic carbocycles. The first-order valence-electron chi connectivity index (χ1n) is 14.0. The predicted octanol–water partition coefficient (Wildman–Crippen LogP) is 7.00. The number of aromatic nitrogens is 5. The summed E-state index contributed by atoms with van der Waals surface area (Å²) in [6.45, 7) is 12.9. The lowest BCUT2D eigenvalue weighted by atomic mass is 9.79. The smallest absolute Gasteiger partial charge is 0.423 e. The number of anilines is 1. The molecule has 0 radical (unpaired) electrons. The second-order valence-corrected chi connectivity index (χ2v) is 17.8. The number of ether oxygens (including phenoxy) is 1. The highest BCUT2D eigenvalue weighted by Gasteiger charge is 2.50. The Hall–Kier alpha value is -2.73. The number of alkyl halides is 3.